The zero-order valence-electron chi connectivity index (χ0n) is 7.58. The van der Waals surface area contributed by atoms with Gasteiger partial charge in [-0.2, -0.15) is 0 Å². The standard InChI is InChI=1S/C8H11FN2O2S/c1-2-14(10,13)11-8-6(9)4-3-5-7(8)12/h3-5,12H,2H2,1H3,(H2,10,11,13). The maximum absolute atomic E-state index is 13.1. The Hall–Kier alpha value is -1.30. The van der Waals surface area contributed by atoms with E-state index in [0.717, 1.165) is 6.07 Å². The van der Waals surface area contributed by atoms with Crippen LogP contribution in [0.15, 0.2) is 18.2 Å². The molecule has 1 aromatic carbocycles. The Labute approximate surface area is 81.9 Å². The van der Waals surface area contributed by atoms with E-state index in [9.17, 15) is 13.7 Å². The van der Waals surface area contributed by atoms with Gasteiger partial charge in [-0.1, -0.05) is 13.0 Å². The van der Waals surface area contributed by atoms with Crippen LogP contribution in [0.3, 0.4) is 0 Å². The van der Waals surface area contributed by atoms with Crippen LogP contribution in [0.2, 0.25) is 0 Å². The molecule has 0 aliphatic carbocycles. The van der Waals surface area contributed by atoms with E-state index in [1.54, 1.807) is 6.92 Å². The number of aromatic hydroxyl groups is 1. The van der Waals surface area contributed by atoms with Gasteiger partial charge in [0.2, 0.25) is 0 Å². The third-order valence-corrected chi connectivity index (χ3v) is 3.01. The predicted octanol–water partition coefficient (Wildman–Crippen LogP) is 1.92. The molecule has 4 nitrogen and oxygen atoms in total. The number of benzene rings is 1. The van der Waals surface area contributed by atoms with Gasteiger partial charge in [0.25, 0.3) is 0 Å². The summed E-state index contributed by atoms with van der Waals surface area (Å²) in [5.41, 5.74) is -0.283. The third-order valence-electron chi connectivity index (χ3n) is 1.67. The Kier molecular flexibility index (Phi) is 2.95. The van der Waals surface area contributed by atoms with Crippen LogP contribution in [0.5, 0.6) is 5.75 Å². The van der Waals surface area contributed by atoms with Crippen LogP contribution in [-0.2, 0) is 9.92 Å². The first-order valence-corrected chi connectivity index (χ1v) is 5.70. The predicted molar refractivity (Wildman–Crippen MR) is 53.1 cm³/mol. The number of anilines is 1. The van der Waals surface area contributed by atoms with Crippen LogP contribution in [0.25, 0.3) is 0 Å². The largest absolute Gasteiger partial charge is 0.506 e. The lowest BCUT2D eigenvalue weighted by Crippen LogP contribution is -2.14. The van der Waals surface area contributed by atoms with Crippen molar-refractivity contribution in [2.75, 3.05) is 10.5 Å². The van der Waals surface area contributed by atoms with Gasteiger partial charge in [-0.15, -0.1) is 0 Å². The number of halogens is 1. The average molecular weight is 218 g/mol. The van der Waals surface area contributed by atoms with Crippen LogP contribution in [0.4, 0.5) is 10.1 Å². The van der Waals surface area contributed by atoms with Crippen molar-refractivity contribution in [3.63, 3.8) is 0 Å². The summed E-state index contributed by atoms with van der Waals surface area (Å²) in [4.78, 5) is 0. The van der Waals surface area contributed by atoms with Gasteiger partial charge in [-0.3, -0.25) is 4.72 Å². The van der Waals surface area contributed by atoms with E-state index >= 15 is 0 Å². The number of hydrogen-bond acceptors (Lipinski definition) is 3. The van der Waals surface area contributed by atoms with Crippen molar-refractivity contribution in [3.8, 4) is 5.75 Å². The Balaban J connectivity index is 3.09. The van der Waals surface area contributed by atoms with E-state index in [1.807, 2.05) is 0 Å². The Morgan fingerprint density at radius 3 is 2.79 bits per heavy atom. The quantitative estimate of drug-likeness (QED) is 0.678. The zero-order valence-corrected chi connectivity index (χ0v) is 8.40. The number of para-hydroxylation sites is 1. The first-order chi connectivity index (χ1) is 6.46. The maximum atomic E-state index is 13.1. The molecule has 1 aromatic rings. The molecule has 1 unspecified atom stereocenters. The minimum atomic E-state index is -3.07. The van der Waals surface area contributed by atoms with Gasteiger partial charge in [-0.05, 0) is 12.1 Å². The van der Waals surface area contributed by atoms with Gasteiger partial charge in [0, 0.05) is 5.75 Å². The van der Waals surface area contributed by atoms with Crippen molar-refractivity contribution in [2.24, 2.45) is 0 Å². The summed E-state index contributed by atoms with van der Waals surface area (Å²) >= 11 is 0. The molecule has 0 amide bonds. The molecule has 3 N–H and O–H groups in total. The fraction of sp³-hybridized carbons (Fsp3) is 0.250. The minimum absolute atomic E-state index is 0.0424. The smallest absolute Gasteiger partial charge is 0.151 e. The molecule has 0 fully saturated rings. The average Bonchev–Trinajstić information content (AvgIpc) is 2.12. The minimum Gasteiger partial charge on any atom is -0.506 e. The van der Waals surface area contributed by atoms with Crippen LogP contribution < -0.4 is 4.72 Å². The third kappa shape index (κ3) is 2.35. The van der Waals surface area contributed by atoms with Gasteiger partial charge in [0.05, 0.1) is 0 Å². The lowest BCUT2D eigenvalue weighted by atomic mass is 10.3. The van der Waals surface area contributed by atoms with Crippen molar-refractivity contribution in [2.45, 2.75) is 6.92 Å². The number of rotatable bonds is 3. The van der Waals surface area contributed by atoms with E-state index in [-0.39, 0.29) is 17.2 Å². The van der Waals surface area contributed by atoms with Crippen molar-refractivity contribution in [3.05, 3.63) is 24.0 Å². The second-order valence-electron chi connectivity index (χ2n) is 2.70. The highest BCUT2D eigenvalue weighted by Gasteiger charge is 2.11. The molecule has 0 radical (unpaired) electrons. The fourth-order valence-corrected chi connectivity index (χ4v) is 1.53. The molecule has 78 valence electrons. The van der Waals surface area contributed by atoms with Gasteiger partial charge >= 0.3 is 0 Å². The van der Waals surface area contributed by atoms with Crippen molar-refractivity contribution in [1.29, 1.82) is 4.78 Å². The number of phenols is 1. The normalized spacial score (nSPS) is 14.7. The molecule has 0 saturated carbocycles. The summed E-state index contributed by atoms with van der Waals surface area (Å²) in [5, 5.41) is 9.24. The molecule has 14 heavy (non-hydrogen) atoms. The molecule has 0 heterocycles. The number of nitrogens with one attached hydrogen (secondary N) is 2. The molecule has 1 rings (SSSR count). The molecule has 0 saturated heterocycles. The SMILES string of the molecule is CCS(=N)(=O)Nc1c(O)cccc1F. The molecule has 1 atom stereocenters. The van der Waals surface area contributed by atoms with E-state index < -0.39 is 15.7 Å². The number of phenolic OH excluding ortho intramolecular Hbond substituents is 1. The van der Waals surface area contributed by atoms with Crippen LogP contribution in [-0.4, -0.2) is 15.1 Å². The second kappa shape index (κ2) is 3.83. The number of hydrogen-bond donors (Lipinski definition) is 3. The van der Waals surface area contributed by atoms with Gasteiger partial charge < -0.3 is 5.11 Å². The Morgan fingerprint density at radius 1 is 1.64 bits per heavy atom. The highest BCUT2D eigenvalue weighted by molar-refractivity contribution is 7.93. The van der Waals surface area contributed by atoms with Crippen molar-refractivity contribution >= 4 is 15.6 Å². The first kappa shape index (κ1) is 10.8. The molecule has 0 aromatic heterocycles. The van der Waals surface area contributed by atoms with Crippen LogP contribution in [0.1, 0.15) is 6.92 Å². The van der Waals surface area contributed by atoms with Crippen LogP contribution >= 0.6 is 0 Å². The lowest BCUT2D eigenvalue weighted by molar-refractivity contribution is 0.473. The van der Waals surface area contributed by atoms with Gasteiger partial charge in [-0.25, -0.2) is 13.4 Å². The molecular formula is C8H11FN2O2S. The fourth-order valence-electron chi connectivity index (χ4n) is 0.851. The highest BCUT2D eigenvalue weighted by atomic mass is 32.2. The molecule has 6 heteroatoms. The summed E-state index contributed by atoms with van der Waals surface area (Å²) in [6, 6.07) is 3.71. The van der Waals surface area contributed by atoms with Gasteiger partial charge in [0.15, 0.2) is 5.82 Å². The maximum Gasteiger partial charge on any atom is 0.151 e. The van der Waals surface area contributed by atoms with Crippen molar-refractivity contribution in [1.82, 2.24) is 0 Å². The van der Waals surface area contributed by atoms with E-state index in [1.165, 1.54) is 12.1 Å². The molecule has 0 aliphatic heterocycles. The molecule has 0 aliphatic rings. The first-order valence-electron chi connectivity index (χ1n) is 3.98. The van der Waals surface area contributed by atoms with Crippen LogP contribution in [0, 0.1) is 10.6 Å². The molecular weight excluding hydrogens is 207 g/mol. The zero-order chi connectivity index (χ0) is 10.8. The highest BCUT2D eigenvalue weighted by Crippen LogP contribution is 2.26. The van der Waals surface area contributed by atoms with E-state index in [0.29, 0.717) is 0 Å². The monoisotopic (exact) mass is 218 g/mol. The van der Waals surface area contributed by atoms with E-state index in [4.69, 9.17) is 4.78 Å². The summed E-state index contributed by atoms with van der Waals surface area (Å²) in [7, 11) is -3.07. The second-order valence-corrected chi connectivity index (χ2v) is 4.83. The summed E-state index contributed by atoms with van der Waals surface area (Å²) in [6.07, 6.45) is 0. The molecule has 0 spiro atoms. The molecule has 0 bridgehead atoms. The summed E-state index contributed by atoms with van der Waals surface area (Å²) in [5.74, 6) is -1.03. The van der Waals surface area contributed by atoms with Gasteiger partial charge in [0.1, 0.15) is 21.4 Å². The Bertz CT molecular complexity index is 411. The summed E-state index contributed by atoms with van der Waals surface area (Å²) in [6.45, 7) is 1.54. The topological polar surface area (TPSA) is 73.2 Å². The van der Waals surface area contributed by atoms with Crippen molar-refractivity contribution < 1.29 is 13.7 Å². The Morgan fingerprint density at radius 2 is 2.29 bits per heavy atom. The van der Waals surface area contributed by atoms with E-state index in [2.05, 4.69) is 4.72 Å². The summed E-state index contributed by atoms with van der Waals surface area (Å²) < 4.78 is 33.8. The lowest BCUT2D eigenvalue weighted by Gasteiger charge is -2.10.